The number of hydrogen-bond acceptors (Lipinski definition) is 2. The van der Waals surface area contributed by atoms with Gasteiger partial charge in [0.15, 0.2) is 0 Å². The van der Waals surface area contributed by atoms with Crippen molar-refractivity contribution in [1.82, 2.24) is 0 Å². The SMILES string of the molecule is Oc1c(I)cc(I)cc1/C=N/c1ccc(F)cc1. The molecule has 0 amide bonds. The van der Waals surface area contributed by atoms with Crippen LogP contribution in [0, 0.1) is 13.0 Å². The molecule has 0 unspecified atom stereocenters. The third-order valence-corrected chi connectivity index (χ3v) is 3.68. The molecular weight excluding hydrogens is 459 g/mol. The normalized spacial score (nSPS) is 11.1. The van der Waals surface area contributed by atoms with Crippen molar-refractivity contribution in [1.29, 1.82) is 0 Å². The molecule has 0 aromatic heterocycles. The lowest BCUT2D eigenvalue weighted by molar-refractivity contribution is 0.470. The van der Waals surface area contributed by atoms with Gasteiger partial charge in [-0.25, -0.2) is 4.39 Å². The molecule has 0 aliphatic carbocycles. The minimum atomic E-state index is -0.291. The van der Waals surface area contributed by atoms with E-state index in [1.165, 1.54) is 12.1 Å². The summed E-state index contributed by atoms with van der Waals surface area (Å²) >= 11 is 4.25. The van der Waals surface area contributed by atoms with Crippen LogP contribution >= 0.6 is 45.2 Å². The maximum atomic E-state index is 12.7. The zero-order chi connectivity index (χ0) is 13.1. The molecule has 2 aromatic rings. The van der Waals surface area contributed by atoms with Crippen LogP contribution < -0.4 is 0 Å². The molecule has 0 saturated heterocycles. The minimum absolute atomic E-state index is 0.210. The van der Waals surface area contributed by atoms with Gasteiger partial charge < -0.3 is 5.11 Å². The molecule has 92 valence electrons. The van der Waals surface area contributed by atoms with Crippen LogP contribution in [-0.4, -0.2) is 11.3 Å². The lowest BCUT2D eigenvalue weighted by Gasteiger charge is -2.02. The first kappa shape index (κ1) is 13.7. The average Bonchev–Trinajstić information content (AvgIpc) is 2.34. The maximum absolute atomic E-state index is 12.7. The Morgan fingerprint density at radius 1 is 1.11 bits per heavy atom. The molecule has 0 spiro atoms. The van der Waals surface area contributed by atoms with Crippen molar-refractivity contribution in [2.75, 3.05) is 0 Å². The van der Waals surface area contributed by atoms with E-state index < -0.39 is 0 Å². The predicted molar refractivity (Wildman–Crippen MR) is 87.2 cm³/mol. The van der Waals surface area contributed by atoms with E-state index in [0.717, 1.165) is 7.14 Å². The van der Waals surface area contributed by atoms with Crippen LogP contribution in [0.1, 0.15) is 5.56 Å². The van der Waals surface area contributed by atoms with Crippen LogP contribution in [0.25, 0.3) is 0 Å². The smallest absolute Gasteiger partial charge is 0.137 e. The van der Waals surface area contributed by atoms with Gasteiger partial charge in [-0.1, -0.05) is 0 Å². The first-order valence-corrected chi connectivity index (χ1v) is 7.19. The van der Waals surface area contributed by atoms with Gasteiger partial charge in [0.1, 0.15) is 11.6 Å². The summed E-state index contributed by atoms with van der Waals surface area (Å²) in [5, 5.41) is 9.88. The van der Waals surface area contributed by atoms with E-state index in [1.54, 1.807) is 18.3 Å². The van der Waals surface area contributed by atoms with Crippen LogP contribution in [-0.2, 0) is 0 Å². The highest BCUT2D eigenvalue weighted by molar-refractivity contribution is 14.1. The molecular formula is C13H8FI2NO. The Hall–Kier alpha value is -0.700. The molecule has 0 heterocycles. The summed E-state index contributed by atoms with van der Waals surface area (Å²) in [6.07, 6.45) is 1.58. The summed E-state index contributed by atoms with van der Waals surface area (Å²) in [4.78, 5) is 4.20. The second-order valence-corrected chi connectivity index (χ2v) is 5.97. The van der Waals surface area contributed by atoms with E-state index in [-0.39, 0.29) is 11.6 Å². The molecule has 2 aromatic carbocycles. The lowest BCUT2D eigenvalue weighted by atomic mass is 10.2. The van der Waals surface area contributed by atoms with E-state index in [9.17, 15) is 9.50 Å². The van der Waals surface area contributed by atoms with Crippen molar-refractivity contribution in [3.05, 3.63) is 54.9 Å². The monoisotopic (exact) mass is 467 g/mol. The summed E-state index contributed by atoms with van der Waals surface area (Å²) in [5.41, 5.74) is 1.29. The number of phenols is 1. The number of hydrogen-bond donors (Lipinski definition) is 1. The van der Waals surface area contributed by atoms with E-state index >= 15 is 0 Å². The minimum Gasteiger partial charge on any atom is -0.506 e. The first-order chi connectivity index (χ1) is 8.56. The van der Waals surface area contributed by atoms with Crippen LogP contribution in [0.15, 0.2) is 41.4 Å². The summed E-state index contributed by atoms with van der Waals surface area (Å²) < 4.78 is 14.5. The quantitative estimate of drug-likeness (QED) is 0.513. The molecule has 2 rings (SSSR count). The van der Waals surface area contributed by atoms with Crippen LogP contribution in [0.5, 0.6) is 5.75 Å². The summed E-state index contributed by atoms with van der Waals surface area (Å²) in [7, 11) is 0. The van der Waals surface area contributed by atoms with Crippen LogP contribution in [0.3, 0.4) is 0 Å². The van der Waals surface area contributed by atoms with Gasteiger partial charge in [-0.15, -0.1) is 0 Å². The fourth-order valence-electron chi connectivity index (χ4n) is 1.36. The Labute approximate surface area is 131 Å². The second kappa shape index (κ2) is 5.96. The lowest BCUT2D eigenvalue weighted by Crippen LogP contribution is -1.87. The first-order valence-electron chi connectivity index (χ1n) is 5.04. The highest BCUT2D eigenvalue weighted by atomic mass is 127. The van der Waals surface area contributed by atoms with Gasteiger partial charge in [-0.05, 0) is 81.6 Å². The molecule has 0 radical (unpaired) electrons. The van der Waals surface area contributed by atoms with Crippen LogP contribution in [0.2, 0.25) is 0 Å². The number of nitrogens with zero attached hydrogens (tertiary/aromatic N) is 1. The number of phenolic OH excluding ortho intramolecular Hbond substituents is 1. The van der Waals surface area contributed by atoms with Crippen molar-refractivity contribution in [3.63, 3.8) is 0 Å². The molecule has 0 saturated carbocycles. The number of aliphatic imine (C=N–C) groups is 1. The Kier molecular flexibility index (Phi) is 4.55. The Morgan fingerprint density at radius 3 is 2.44 bits per heavy atom. The van der Waals surface area contributed by atoms with Gasteiger partial charge in [0.05, 0.1) is 9.26 Å². The van der Waals surface area contributed by atoms with Crippen molar-refractivity contribution in [3.8, 4) is 5.75 Å². The number of benzene rings is 2. The molecule has 0 bridgehead atoms. The van der Waals surface area contributed by atoms with Crippen molar-refractivity contribution in [2.24, 2.45) is 4.99 Å². The molecule has 0 aliphatic rings. The van der Waals surface area contributed by atoms with Gasteiger partial charge in [0.25, 0.3) is 0 Å². The molecule has 1 N–H and O–H groups in total. The standard InChI is InChI=1S/C13H8FI2NO/c14-9-1-3-11(4-2-9)17-7-8-5-10(15)6-12(16)13(8)18/h1-7,18H/b17-7+. The highest BCUT2D eigenvalue weighted by Gasteiger charge is 2.05. The average molecular weight is 467 g/mol. The Bertz CT molecular complexity index is 597. The summed E-state index contributed by atoms with van der Waals surface area (Å²) in [5.74, 6) is -0.0810. The Balaban J connectivity index is 2.31. The van der Waals surface area contributed by atoms with Crippen molar-refractivity contribution >= 4 is 57.1 Å². The fraction of sp³-hybridized carbons (Fsp3) is 0. The number of rotatable bonds is 2. The molecule has 0 atom stereocenters. The third-order valence-electron chi connectivity index (χ3n) is 2.24. The maximum Gasteiger partial charge on any atom is 0.137 e. The molecule has 5 heteroatoms. The van der Waals surface area contributed by atoms with Crippen LogP contribution in [0.4, 0.5) is 10.1 Å². The van der Waals surface area contributed by atoms with E-state index in [4.69, 9.17) is 0 Å². The van der Waals surface area contributed by atoms with Gasteiger partial charge in [-0.3, -0.25) is 4.99 Å². The molecule has 18 heavy (non-hydrogen) atoms. The van der Waals surface area contributed by atoms with Gasteiger partial charge in [0, 0.05) is 15.3 Å². The molecule has 0 fully saturated rings. The largest absolute Gasteiger partial charge is 0.506 e. The second-order valence-electron chi connectivity index (χ2n) is 3.56. The zero-order valence-corrected chi connectivity index (χ0v) is 13.4. The number of halogens is 3. The summed E-state index contributed by atoms with van der Waals surface area (Å²) in [6, 6.07) is 9.59. The van der Waals surface area contributed by atoms with Crippen molar-refractivity contribution in [2.45, 2.75) is 0 Å². The molecule has 2 nitrogen and oxygen atoms in total. The van der Waals surface area contributed by atoms with Gasteiger partial charge in [0.2, 0.25) is 0 Å². The third kappa shape index (κ3) is 3.41. The van der Waals surface area contributed by atoms with Gasteiger partial charge >= 0.3 is 0 Å². The highest BCUT2D eigenvalue weighted by Crippen LogP contribution is 2.26. The van der Waals surface area contributed by atoms with E-state index in [2.05, 4.69) is 50.2 Å². The predicted octanol–water partition coefficient (Wildman–Crippen LogP) is 4.49. The van der Waals surface area contributed by atoms with E-state index in [1.807, 2.05) is 12.1 Å². The fourth-order valence-corrected chi connectivity index (χ4v) is 3.25. The topological polar surface area (TPSA) is 32.6 Å². The molecule has 0 aliphatic heterocycles. The zero-order valence-electron chi connectivity index (χ0n) is 9.07. The van der Waals surface area contributed by atoms with E-state index in [0.29, 0.717) is 11.3 Å². The van der Waals surface area contributed by atoms with Gasteiger partial charge in [-0.2, -0.15) is 0 Å². The summed E-state index contributed by atoms with van der Waals surface area (Å²) in [6.45, 7) is 0. The van der Waals surface area contributed by atoms with Crippen molar-refractivity contribution < 1.29 is 9.50 Å². The Morgan fingerprint density at radius 2 is 1.78 bits per heavy atom. The number of aromatic hydroxyl groups is 1.